The summed E-state index contributed by atoms with van der Waals surface area (Å²) >= 11 is 3.52. The molecule has 1 fully saturated rings. The van der Waals surface area contributed by atoms with Gasteiger partial charge in [-0.3, -0.25) is 0 Å². The molecule has 0 aliphatic heterocycles. The third-order valence-corrected chi connectivity index (χ3v) is 4.46. The molecular weight excluding hydrogens is 290 g/mol. The van der Waals surface area contributed by atoms with Crippen LogP contribution in [0.1, 0.15) is 38.2 Å². The number of benzene rings is 1. The first kappa shape index (κ1) is 13.7. The molecule has 1 aromatic carbocycles. The number of rotatable bonds is 4. The van der Waals surface area contributed by atoms with E-state index in [4.69, 9.17) is 4.74 Å². The summed E-state index contributed by atoms with van der Waals surface area (Å²) in [6.07, 6.45) is 5.23. The average molecular weight is 312 g/mol. The minimum atomic E-state index is 0.601. The van der Waals surface area contributed by atoms with E-state index in [2.05, 4.69) is 41.2 Å². The molecule has 2 atom stereocenters. The van der Waals surface area contributed by atoms with Crippen LogP contribution in [0.4, 0.5) is 5.69 Å². The van der Waals surface area contributed by atoms with Gasteiger partial charge in [-0.05, 0) is 43.4 Å². The summed E-state index contributed by atoms with van der Waals surface area (Å²) in [7, 11) is 1.73. The third-order valence-electron chi connectivity index (χ3n) is 4.00. The second kappa shape index (κ2) is 5.96. The van der Waals surface area contributed by atoms with Gasteiger partial charge < -0.3 is 10.1 Å². The lowest BCUT2D eigenvalue weighted by Gasteiger charge is -2.23. The zero-order valence-corrected chi connectivity index (χ0v) is 13.0. The number of methoxy groups -OCH3 is 1. The number of hydrogen-bond donors (Lipinski definition) is 1. The summed E-state index contributed by atoms with van der Waals surface area (Å²) in [4.78, 5) is 0. The zero-order valence-electron chi connectivity index (χ0n) is 11.4. The van der Waals surface area contributed by atoms with E-state index >= 15 is 0 Å². The molecular formula is C15H22BrNO. The van der Waals surface area contributed by atoms with Gasteiger partial charge in [0.2, 0.25) is 0 Å². The summed E-state index contributed by atoms with van der Waals surface area (Å²) in [5.74, 6) is 1.74. The van der Waals surface area contributed by atoms with E-state index in [0.29, 0.717) is 6.04 Å². The van der Waals surface area contributed by atoms with E-state index in [1.165, 1.54) is 31.2 Å². The predicted molar refractivity (Wildman–Crippen MR) is 80.5 cm³/mol. The van der Waals surface area contributed by atoms with Gasteiger partial charge >= 0.3 is 0 Å². The lowest BCUT2D eigenvalue weighted by molar-refractivity contribution is 0.413. The van der Waals surface area contributed by atoms with Gasteiger partial charge in [-0.15, -0.1) is 0 Å². The van der Waals surface area contributed by atoms with Crippen molar-refractivity contribution in [3.05, 3.63) is 22.2 Å². The molecule has 0 bridgehead atoms. The largest absolute Gasteiger partial charge is 0.495 e. The predicted octanol–water partition coefficient (Wildman–Crippen LogP) is 4.76. The maximum Gasteiger partial charge on any atom is 0.143 e. The smallest absolute Gasteiger partial charge is 0.143 e. The molecule has 2 nitrogen and oxygen atoms in total. The molecule has 0 aromatic heterocycles. The maximum absolute atomic E-state index is 5.49. The molecule has 1 aromatic rings. The van der Waals surface area contributed by atoms with Gasteiger partial charge in [0, 0.05) is 10.5 Å². The molecule has 1 aliphatic rings. The van der Waals surface area contributed by atoms with Crippen molar-refractivity contribution in [2.24, 2.45) is 5.92 Å². The first-order valence-electron chi connectivity index (χ1n) is 6.76. The van der Waals surface area contributed by atoms with Crippen molar-refractivity contribution in [1.29, 1.82) is 0 Å². The van der Waals surface area contributed by atoms with Crippen molar-refractivity contribution in [2.45, 2.75) is 45.6 Å². The van der Waals surface area contributed by atoms with Crippen LogP contribution in [0.2, 0.25) is 0 Å². The van der Waals surface area contributed by atoms with Gasteiger partial charge in [-0.1, -0.05) is 35.7 Å². The van der Waals surface area contributed by atoms with E-state index in [1.54, 1.807) is 7.11 Å². The fourth-order valence-electron chi connectivity index (χ4n) is 2.96. The fraction of sp³-hybridized carbons (Fsp3) is 0.600. The Morgan fingerprint density at radius 2 is 2.17 bits per heavy atom. The van der Waals surface area contributed by atoms with E-state index in [-0.39, 0.29) is 0 Å². The molecule has 1 aliphatic carbocycles. The molecule has 1 N–H and O–H groups in total. The van der Waals surface area contributed by atoms with Crippen LogP contribution in [0.15, 0.2) is 16.6 Å². The minimum Gasteiger partial charge on any atom is -0.495 e. The lowest BCUT2D eigenvalue weighted by atomic mass is 10.00. The summed E-state index contributed by atoms with van der Waals surface area (Å²) in [5, 5.41) is 3.71. The molecule has 0 heterocycles. The maximum atomic E-state index is 5.49. The Bertz CT molecular complexity index is 419. The number of aryl methyl sites for hydroxylation is 1. The second-order valence-corrected chi connectivity index (χ2v) is 6.07. The van der Waals surface area contributed by atoms with E-state index in [9.17, 15) is 0 Å². The Morgan fingerprint density at radius 3 is 2.83 bits per heavy atom. The molecule has 100 valence electrons. The summed E-state index contributed by atoms with van der Waals surface area (Å²) in [5.41, 5.74) is 2.40. The SMILES string of the molecule is CCC1CCCC1Nc1c(C)cc(Br)cc1OC. The van der Waals surface area contributed by atoms with E-state index < -0.39 is 0 Å². The lowest BCUT2D eigenvalue weighted by Crippen LogP contribution is -2.24. The van der Waals surface area contributed by atoms with Gasteiger partial charge in [-0.25, -0.2) is 0 Å². The van der Waals surface area contributed by atoms with Crippen LogP contribution in [0.5, 0.6) is 5.75 Å². The Labute approximate surface area is 118 Å². The first-order chi connectivity index (χ1) is 8.65. The zero-order chi connectivity index (χ0) is 13.1. The third kappa shape index (κ3) is 2.82. The summed E-state index contributed by atoms with van der Waals surface area (Å²) < 4.78 is 6.56. The fourth-order valence-corrected chi connectivity index (χ4v) is 3.51. The molecule has 2 rings (SSSR count). The quantitative estimate of drug-likeness (QED) is 0.865. The molecule has 18 heavy (non-hydrogen) atoms. The summed E-state index contributed by atoms with van der Waals surface area (Å²) in [6, 6.07) is 4.77. The monoisotopic (exact) mass is 311 g/mol. The van der Waals surface area contributed by atoms with Crippen LogP contribution in [0, 0.1) is 12.8 Å². The highest BCUT2D eigenvalue weighted by molar-refractivity contribution is 9.10. The van der Waals surface area contributed by atoms with E-state index in [0.717, 1.165) is 21.8 Å². The number of ether oxygens (including phenoxy) is 1. The van der Waals surface area contributed by atoms with Crippen LogP contribution in [-0.2, 0) is 0 Å². The molecule has 1 saturated carbocycles. The van der Waals surface area contributed by atoms with Crippen molar-refractivity contribution >= 4 is 21.6 Å². The highest BCUT2D eigenvalue weighted by atomic mass is 79.9. The van der Waals surface area contributed by atoms with Gasteiger partial charge in [-0.2, -0.15) is 0 Å². The van der Waals surface area contributed by atoms with Crippen molar-refractivity contribution in [1.82, 2.24) is 0 Å². The van der Waals surface area contributed by atoms with Crippen LogP contribution in [-0.4, -0.2) is 13.2 Å². The highest BCUT2D eigenvalue weighted by Crippen LogP contribution is 2.37. The first-order valence-corrected chi connectivity index (χ1v) is 7.55. The van der Waals surface area contributed by atoms with Gasteiger partial charge in [0.15, 0.2) is 0 Å². The second-order valence-electron chi connectivity index (χ2n) is 5.15. The van der Waals surface area contributed by atoms with Crippen molar-refractivity contribution in [3.63, 3.8) is 0 Å². The Kier molecular flexibility index (Phi) is 4.55. The molecule has 0 spiro atoms. The topological polar surface area (TPSA) is 21.3 Å². The minimum absolute atomic E-state index is 0.601. The highest BCUT2D eigenvalue weighted by Gasteiger charge is 2.26. The van der Waals surface area contributed by atoms with Gasteiger partial charge in [0.25, 0.3) is 0 Å². The normalized spacial score (nSPS) is 23.1. The summed E-state index contributed by atoms with van der Waals surface area (Å²) in [6.45, 7) is 4.42. The number of hydrogen-bond acceptors (Lipinski definition) is 2. The average Bonchev–Trinajstić information content (AvgIpc) is 2.79. The number of nitrogens with one attached hydrogen (secondary N) is 1. The molecule has 3 heteroatoms. The molecule has 0 amide bonds. The Balaban J connectivity index is 2.22. The van der Waals surface area contributed by atoms with Crippen molar-refractivity contribution in [2.75, 3.05) is 12.4 Å². The standard InChI is InChI=1S/C15H22BrNO/c1-4-11-6-5-7-13(11)17-15-10(2)8-12(16)9-14(15)18-3/h8-9,11,13,17H,4-7H2,1-3H3. The van der Waals surface area contributed by atoms with Gasteiger partial charge in [0.05, 0.1) is 12.8 Å². The number of anilines is 1. The van der Waals surface area contributed by atoms with Gasteiger partial charge in [0.1, 0.15) is 5.75 Å². The van der Waals surface area contributed by atoms with Crippen LogP contribution in [0.3, 0.4) is 0 Å². The van der Waals surface area contributed by atoms with Crippen LogP contribution in [0.25, 0.3) is 0 Å². The van der Waals surface area contributed by atoms with E-state index in [1.807, 2.05) is 6.07 Å². The Morgan fingerprint density at radius 1 is 1.39 bits per heavy atom. The molecule has 2 unspecified atom stereocenters. The van der Waals surface area contributed by atoms with Crippen LogP contribution < -0.4 is 10.1 Å². The van der Waals surface area contributed by atoms with Crippen LogP contribution >= 0.6 is 15.9 Å². The number of halogens is 1. The van der Waals surface area contributed by atoms with Crippen molar-refractivity contribution < 1.29 is 4.74 Å². The molecule has 0 radical (unpaired) electrons. The molecule has 0 saturated heterocycles. The Hall–Kier alpha value is -0.700. The van der Waals surface area contributed by atoms with Crippen molar-refractivity contribution in [3.8, 4) is 5.75 Å².